The average Bonchev–Trinajstić information content (AvgIpc) is 2.96. The fourth-order valence-corrected chi connectivity index (χ4v) is 6.07. The van der Waals surface area contributed by atoms with Crippen LogP contribution in [0.25, 0.3) is 10.2 Å². The predicted molar refractivity (Wildman–Crippen MR) is 117 cm³/mol. The zero-order valence-electron chi connectivity index (χ0n) is 17.4. The molecule has 0 saturated carbocycles. The lowest BCUT2D eigenvalue weighted by Gasteiger charge is -2.34. The number of amides is 2. The van der Waals surface area contributed by atoms with E-state index in [1.165, 1.54) is 18.2 Å². The summed E-state index contributed by atoms with van der Waals surface area (Å²) in [5, 5.41) is 0. The lowest BCUT2D eigenvalue weighted by molar-refractivity contribution is -0.131. The number of aromatic nitrogens is 1. The molecule has 2 aromatic rings. The van der Waals surface area contributed by atoms with Crippen molar-refractivity contribution in [2.75, 3.05) is 24.6 Å². The van der Waals surface area contributed by atoms with Crippen LogP contribution in [0.4, 0.5) is 4.39 Å². The molecule has 1 aromatic carbocycles. The summed E-state index contributed by atoms with van der Waals surface area (Å²) in [4.78, 5) is 30.5. The van der Waals surface area contributed by atoms with Crippen molar-refractivity contribution in [3.8, 4) is 12.3 Å². The monoisotopic (exact) mass is 465 g/mol. The Labute approximate surface area is 184 Å². The van der Waals surface area contributed by atoms with E-state index >= 15 is 0 Å². The van der Waals surface area contributed by atoms with Gasteiger partial charge in [0.2, 0.25) is 5.91 Å². The van der Waals surface area contributed by atoms with Gasteiger partial charge in [-0.2, -0.15) is 4.99 Å². The van der Waals surface area contributed by atoms with Crippen LogP contribution in [0.2, 0.25) is 0 Å². The highest BCUT2D eigenvalue weighted by Crippen LogP contribution is 2.21. The van der Waals surface area contributed by atoms with E-state index in [0.29, 0.717) is 35.1 Å². The first kappa shape index (κ1) is 23.2. The summed E-state index contributed by atoms with van der Waals surface area (Å²) in [5.74, 6) is -0.391. The fraction of sp³-hybridized carbons (Fsp3) is 0.476. The van der Waals surface area contributed by atoms with Crippen LogP contribution < -0.4 is 4.80 Å². The molecule has 2 amide bonds. The summed E-state index contributed by atoms with van der Waals surface area (Å²) in [6.45, 7) is 5.17. The summed E-state index contributed by atoms with van der Waals surface area (Å²) < 4.78 is 40.5. The number of benzene rings is 1. The van der Waals surface area contributed by atoms with Crippen LogP contribution >= 0.6 is 11.3 Å². The number of hydrogen-bond donors (Lipinski definition) is 0. The Morgan fingerprint density at radius 2 is 1.94 bits per heavy atom. The number of piperidine rings is 1. The molecule has 0 N–H and O–H groups in total. The minimum Gasteiger partial charge on any atom is -0.341 e. The smallest absolute Gasteiger partial charge is 0.263 e. The van der Waals surface area contributed by atoms with Crippen molar-refractivity contribution >= 4 is 43.2 Å². The summed E-state index contributed by atoms with van der Waals surface area (Å²) in [5.41, 5.74) is 0.599. The molecule has 1 aliphatic heterocycles. The van der Waals surface area contributed by atoms with Crippen molar-refractivity contribution < 1.29 is 22.4 Å². The van der Waals surface area contributed by atoms with Crippen molar-refractivity contribution in [3.05, 3.63) is 28.8 Å². The van der Waals surface area contributed by atoms with Gasteiger partial charge in [-0.1, -0.05) is 31.1 Å². The summed E-state index contributed by atoms with van der Waals surface area (Å²) >= 11 is 1.04. The molecule has 0 spiro atoms. The number of carbonyl (C=O) groups excluding carboxylic acids is 2. The van der Waals surface area contributed by atoms with Crippen molar-refractivity contribution in [1.82, 2.24) is 9.47 Å². The second-order valence-corrected chi connectivity index (χ2v) is 11.1. The first-order valence-corrected chi connectivity index (χ1v) is 12.5. The van der Waals surface area contributed by atoms with Crippen molar-refractivity contribution in [1.29, 1.82) is 0 Å². The van der Waals surface area contributed by atoms with Crippen LogP contribution in [-0.4, -0.2) is 54.3 Å². The van der Waals surface area contributed by atoms with Crippen LogP contribution in [-0.2, 0) is 26.0 Å². The highest BCUT2D eigenvalue weighted by molar-refractivity contribution is 7.92. The molecule has 0 aliphatic carbocycles. The quantitative estimate of drug-likeness (QED) is 0.630. The van der Waals surface area contributed by atoms with Crippen LogP contribution in [0.5, 0.6) is 0 Å². The van der Waals surface area contributed by atoms with Crippen molar-refractivity contribution in [3.63, 3.8) is 0 Å². The summed E-state index contributed by atoms with van der Waals surface area (Å²) in [7, 11) is -3.99. The normalized spacial score (nSPS) is 20.1. The Morgan fingerprint density at radius 1 is 1.26 bits per heavy atom. The zero-order chi connectivity index (χ0) is 22.8. The standard InChI is InChI=1S/C21H24FN3O4S2/c1-4-7-25-17-6-5-16(22)9-18(17)30-21(25)23-19(26)12-31(28,29)13-20(27)24-10-14(2)8-15(3)11-24/h1,5-6,9,14-15H,7-8,10-13H2,2-3H3. The second-order valence-electron chi connectivity index (χ2n) is 8.07. The van der Waals surface area contributed by atoms with Gasteiger partial charge >= 0.3 is 0 Å². The Balaban J connectivity index is 1.78. The number of halogens is 1. The van der Waals surface area contributed by atoms with Gasteiger partial charge in [0.15, 0.2) is 14.6 Å². The molecule has 2 atom stereocenters. The van der Waals surface area contributed by atoms with Crippen LogP contribution in [0.3, 0.4) is 0 Å². The molecule has 1 saturated heterocycles. The molecule has 1 aromatic heterocycles. The molecule has 31 heavy (non-hydrogen) atoms. The van der Waals surface area contributed by atoms with E-state index in [1.54, 1.807) is 9.47 Å². The number of fused-ring (bicyclic) bond motifs is 1. The number of terminal acetylenes is 1. The Hall–Kier alpha value is -2.51. The number of thiazole rings is 1. The molecule has 3 rings (SSSR count). The van der Waals surface area contributed by atoms with Gasteiger partial charge in [-0.05, 0) is 36.5 Å². The first-order chi connectivity index (χ1) is 14.6. The zero-order valence-corrected chi connectivity index (χ0v) is 19.0. The molecule has 1 aliphatic rings. The fourth-order valence-electron chi connectivity index (χ4n) is 3.90. The van der Waals surface area contributed by atoms with Gasteiger partial charge in [0, 0.05) is 13.1 Å². The van der Waals surface area contributed by atoms with E-state index in [2.05, 4.69) is 10.9 Å². The van der Waals surface area contributed by atoms with E-state index in [1.807, 2.05) is 13.8 Å². The molecular weight excluding hydrogens is 441 g/mol. The number of sulfone groups is 1. The number of rotatable bonds is 5. The Bertz CT molecular complexity index is 1210. The third-order valence-electron chi connectivity index (χ3n) is 5.02. The third kappa shape index (κ3) is 5.80. The van der Waals surface area contributed by atoms with Crippen molar-refractivity contribution in [2.45, 2.75) is 26.8 Å². The van der Waals surface area contributed by atoms with Gasteiger partial charge in [-0.25, -0.2) is 12.8 Å². The van der Waals surface area contributed by atoms with Crippen LogP contribution in [0.1, 0.15) is 20.3 Å². The maximum atomic E-state index is 13.5. The molecule has 2 heterocycles. The predicted octanol–water partition coefficient (Wildman–Crippen LogP) is 1.82. The van der Waals surface area contributed by atoms with E-state index in [0.717, 1.165) is 17.8 Å². The van der Waals surface area contributed by atoms with Gasteiger partial charge in [0.1, 0.15) is 17.3 Å². The van der Waals surface area contributed by atoms with Crippen LogP contribution in [0, 0.1) is 30.0 Å². The minimum atomic E-state index is -3.99. The third-order valence-corrected chi connectivity index (χ3v) is 7.44. The van der Waals surface area contributed by atoms with Gasteiger partial charge in [0.05, 0.1) is 16.8 Å². The lowest BCUT2D eigenvalue weighted by Crippen LogP contribution is -2.45. The summed E-state index contributed by atoms with van der Waals surface area (Å²) in [6.07, 6.45) is 6.37. The number of likely N-dealkylation sites (tertiary alicyclic amines) is 1. The minimum absolute atomic E-state index is 0.0916. The molecule has 0 bridgehead atoms. The van der Waals surface area contributed by atoms with Gasteiger partial charge < -0.3 is 9.47 Å². The maximum Gasteiger partial charge on any atom is 0.263 e. The average molecular weight is 466 g/mol. The highest BCUT2D eigenvalue weighted by atomic mass is 32.2. The number of hydrogen-bond acceptors (Lipinski definition) is 5. The number of carbonyl (C=O) groups is 2. The van der Waals surface area contributed by atoms with E-state index < -0.39 is 39.0 Å². The van der Waals surface area contributed by atoms with Gasteiger partial charge in [-0.15, -0.1) is 6.42 Å². The lowest BCUT2D eigenvalue weighted by atomic mass is 9.92. The van der Waals surface area contributed by atoms with E-state index in [9.17, 15) is 22.4 Å². The molecule has 166 valence electrons. The Kier molecular flexibility index (Phi) is 6.96. The molecule has 2 unspecified atom stereocenters. The topological polar surface area (TPSA) is 88.8 Å². The Morgan fingerprint density at radius 3 is 2.58 bits per heavy atom. The van der Waals surface area contributed by atoms with Gasteiger partial charge in [0.25, 0.3) is 5.91 Å². The molecule has 10 heteroatoms. The molecule has 7 nitrogen and oxygen atoms in total. The highest BCUT2D eigenvalue weighted by Gasteiger charge is 2.29. The molecule has 0 radical (unpaired) electrons. The largest absolute Gasteiger partial charge is 0.341 e. The van der Waals surface area contributed by atoms with Crippen molar-refractivity contribution in [2.24, 2.45) is 16.8 Å². The van der Waals surface area contributed by atoms with E-state index in [4.69, 9.17) is 6.42 Å². The molecule has 1 fully saturated rings. The SMILES string of the molecule is C#CCn1c(=NC(=O)CS(=O)(=O)CC(=O)N2CC(C)CC(C)C2)sc2cc(F)ccc21. The second kappa shape index (κ2) is 9.32. The maximum absolute atomic E-state index is 13.5. The summed E-state index contributed by atoms with van der Waals surface area (Å²) in [6, 6.07) is 4.09. The van der Waals surface area contributed by atoms with E-state index in [-0.39, 0.29) is 11.3 Å². The van der Waals surface area contributed by atoms with Gasteiger partial charge in [-0.3, -0.25) is 9.59 Å². The number of nitrogens with zero attached hydrogens (tertiary/aromatic N) is 3. The first-order valence-electron chi connectivity index (χ1n) is 9.86. The molecular formula is C21H24FN3O4S2. The van der Waals surface area contributed by atoms with Crippen LogP contribution in [0.15, 0.2) is 23.2 Å².